The van der Waals surface area contributed by atoms with Gasteiger partial charge in [-0.25, -0.2) is 4.98 Å². The monoisotopic (exact) mass is 366 g/mol. The van der Waals surface area contributed by atoms with Gasteiger partial charge in [-0.05, 0) is 41.4 Å². The molecule has 0 aliphatic heterocycles. The third kappa shape index (κ3) is 3.33. The second-order valence-corrected chi connectivity index (χ2v) is 6.96. The van der Waals surface area contributed by atoms with E-state index in [1.807, 2.05) is 6.92 Å². The molecule has 0 fully saturated rings. The molecule has 3 heterocycles. The average Bonchev–Trinajstić information content (AvgIpc) is 3.08. The number of thiophene rings is 1. The van der Waals surface area contributed by atoms with Crippen LogP contribution in [0.2, 0.25) is 0 Å². The van der Waals surface area contributed by atoms with Crippen LogP contribution in [0, 0.1) is 0 Å². The number of imidazole rings is 1. The van der Waals surface area contributed by atoms with Crippen LogP contribution in [0.25, 0.3) is 11.2 Å². The molecule has 0 radical (unpaired) electrons. The Morgan fingerprint density at radius 1 is 1.29 bits per heavy atom. The zero-order valence-electron chi connectivity index (χ0n) is 11.5. The van der Waals surface area contributed by atoms with Gasteiger partial charge in [-0.3, -0.25) is 0 Å². The summed E-state index contributed by atoms with van der Waals surface area (Å²) in [6.45, 7) is 3.60. The molecule has 3 aromatic heterocycles. The Kier molecular flexibility index (Phi) is 4.35. The highest BCUT2D eigenvalue weighted by Crippen LogP contribution is 2.23. The molecule has 0 aromatic carbocycles. The highest BCUT2D eigenvalue weighted by molar-refractivity contribution is 9.11. The number of anilines is 2. The molecular formula is C13H15BrN6S. The molecule has 0 aliphatic carbocycles. The van der Waals surface area contributed by atoms with E-state index in [-0.39, 0.29) is 0 Å². The van der Waals surface area contributed by atoms with Crippen LogP contribution in [-0.4, -0.2) is 33.0 Å². The molecule has 8 heteroatoms. The number of hydrogen-bond donors (Lipinski definition) is 3. The Morgan fingerprint density at radius 2 is 2.19 bits per heavy atom. The van der Waals surface area contributed by atoms with Gasteiger partial charge in [0, 0.05) is 18.0 Å². The van der Waals surface area contributed by atoms with Crippen LogP contribution < -0.4 is 10.6 Å². The molecule has 3 N–H and O–H groups in total. The lowest BCUT2D eigenvalue weighted by atomic mass is 10.3. The first kappa shape index (κ1) is 14.3. The lowest BCUT2D eigenvalue weighted by Crippen LogP contribution is -2.09. The number of fused-ring (bicyclic) bond motifs is 1. The van der Waals surface area contributed by atoms with Crippen LogP contribution in [0.1, 0.15) is 11.8 Å². The summed E-state index contributed by atoms with van der Waals surface area (Å²) < 4.78 is 1.16. The van der Waals surface area contributed by atoms with Crippen LogP contribution in [0.5, 0.6) is 0 Å². The van der Waals surface area contributed by atoms with Crippen LogP contribution in [0.15, 0.2) is 22.2 Å². The van der Waals surface area contributed by atoms with Gasteiger partial charge in [0.2, 0.25) is 5.95 Å². The summed E-state index contributed by atoms with van der Waals surface area (Å²) in [5.74, 6) is 1.38. The maximum Gasteiger partial charge on any atom is 0.226 e. The maximum absolute atomic E-state index is 4.49. The molecule has 0 amide bonds. The number of nitrogens with one attached hydrogen (secondary N) is 3. The minimum absolute atomic E-state index is 0.596. The van der Waals surface area contributed by atoms with E-state index in [1.54, 1.807) is 17.7 Å². The van der Waals surface area contributed by atoms with Crippen LogP contribution in [0.4, 0.5) is 11.8 Å². The first-order valence-corrected chi connectivity index (χ1v) is 8.30. The molecule has 0 spiro atoms. The predicted octanol–water partition coefficient (Wildman–Crippen LogP) is 3.26. The predicted molar refractivity (Wildman–Crippen MR) is 90.1 cm³/mol. The lowest BCUT2D eigenvalue weighted by molar-refractivity contribution is 1.02. The molecule has 0 saturated carbocycles. The summed E-state index contributed by atoms with van der Waals surface area (Å²) in [6.07, 6.45) is 2.59. The number of aromatic amines is 1. The van der Waals surface area contributed by atoms with Gasteiger partial charge in [-0.1, -0.05) is 0 Å². The summed E-state index contributed by atoms with van der Waals surface area (Å²) >= 11 is 5.23. The summed E-state index contributed by atoms with van der Waals surface area (Å²) in [4.78, 5) is 17.4. The largest absolute Gasteiger partial charge is 0.368 e. The van der Waals surface area contributed by atoms with Gasteiger partial charge in [0.25, 0.3) is 0 Å². The lowest BCUT2D eigenvalue weighted by Gasteiger charge is -2.08. The van der Waals surface area contributed by atoms with E-state index in [9.17, 15) is 0 Å². The number of rotatable bonds is 6. The molecular weight excluding hydrogens is 352 g/mol. The summed E-state index contributed by atoms with van der Waals surface area (Å²) in [5, 5.41) is 6.48. The molecule has 3 aromatic rings. The normalized spacial score (nSPS) is 11.0. The van der Waals surface area contributed by atoms with Crippen molar-refractivity contribution in [3.05, 3.63) is 27.1 Å². The molecule has 110 valence electrons. The SMILES string of the molecule is CCNc1nc(NCCc2ccc(Br)s2)c2[nH]cnc2n1. The molecule has 21 heavy (non-hydrogen) atoms. The highest BCUT2D eigenvalue weighted by atomic mass is 79.9. The van der Waals surface area contributed by atoms with E-state index in [4.69, 9.17) is 0 Å². The van der Waals surface area contributed by atoms with Crippen molar-refractivity contribution < 1.29 is 0 Å². The number of hydrogen-bond acceptors (Lipinski definition) is 6. The third-order valence-corrected chi connectivity index (χ3v) is 4.60. The fourth-order valence-corrected chi connectivity index (χ4v) is 3.47. The average molecular weight is 367 g/mol. The minimum Gasteiger partial charge on any atom is -0.368 e. The van der Waals surface area contributed by atoms with Gasteiger partial charge in [0.1, 0.15) is 5.52 Å². The van der Waals surface area contributed by atoms with E-state index in [0.29, 0.717) is 11.6 Å². The molecule has 0 aliphatic rings. The standard InChI is InChI=1S/C13H15BrN6S/c1-2-15-13-19-11(10-12(20-13)18-7-17-10)16-6-5-8-3-4-9(14)21-8/h3-4,7H,2,5-6H2,1H3,(H3,15,16,17,18,19,20). The number of nitrogens with zero attached hydrogens (tertiary/aromatic N) is 3. The quantitative estimate of drug-likeness (QED) is 0.623. The molecule has 0 saturated heterocycles. The van der Waals surface area contributed by atoms with Gasteiger partial charge in [0.05, 0.1) is 10.1 Å². The van der Waals surface area contributed by atoms with Gasteiger partial charge >= 0.3 is 0 Å². The topological polar surface area (TPSA) is 78.5 Å². The zero-order valence-corrected chi connectivity index (χ0v) is 13.9. The summed E-state index contributed by atoms with van der Waals surface area (Å²) in [7, 11) is 0. The van der Waals surface area contributed by atoms with Crippen molar-refractivity contribution in [3.8, 4) is 0 Å². The van der Waals surface area contributed by atoms with E-state index in [1.165, 1.54) is 4.88 Å². The Hall–Kier alpha value is -1.67. The molecule has 0 bridgehead atoms. The first-order valence-electron chi connectivity index (χ1n) is 6.69. The van der Waals surface area contributed by atoms with E-state index in [0.717, 1.165) is 34.6 Å². The molecule has 0 atom stereocenters. The fraction of sp³-hybridized carbons (Fsp3) is 0.308. The van der Waals surface area contributed by atoms with E-state index >= 15 is 0 Å². The Morgan fingerprint density at radius 3 is 2.95 bits per heavy atom. The third-order valence-electron chi connectivity index (χ3n) is 2.91. The van der Waals surface area contributed by atoms with Gasteiger partial charge in [-0.15, -0.1) is 11.3 Å². The molecule has 6 nitrogen and oxygen atoms in total. The summed E-state index contributed by atoms with van der Waals surface area (Å²) in [5.41, 5.74) is 1.51. The number of halogens is 1. The van der Waals surface area contributed by atoms with Crippen molar-refractivity contribution in [3.63, 3.8) is 0 Å². The zero-order chi connectivity index (χ0) is 14.7. The number of H-pyrrole nitrogens is 1. The van der Waals surface area contributed by atoms with Gasteiger partial charge < -0.3 is 15.6 Å². The highest BCUT2D eigenvalue weighted by Gasteiger charge is 2.09. The van der Waals surface area contributed by atoms with E-state index in [2.05, 4.69) is 58.6 Å². The maximum atomic E-state index is 4.49. The van der Waals surface area contributed by atoms with Crippen molar-refractivity contribution >= 4 is 50.2 Å². The summed E-state index contributed by atoms with van der Waals surface area (Å²) in [6, 6.07) is 4.20. The Labute approximate surface area is 134 Å². The Balaban J connectivity index is 1.74. The number of aromatic nitrogens is 4. The van der Waals surface area contributed by atoms with Crippen LogP contribution in [-0.2, 0) is 6.42 Å². The first-order chi connectivity index (χ1) is 10.3. The minimum atomic E-state index is 0.596. The second kappa shape index (κ2) is 6.40. The smallest absolute Gasteiger partial charge is 0.226 e. The van der Waals surface area contributed by atoms with Crippen LogP contribution >= 0.6 is 27.3 Å². The van der Waals surface area contributed by atoms with Gasteiger partial charge in [-0.2, -0.15) is 9.97 Å². The van der Waals surface area contributed by atoms with Crippen molar-refractivity contribution in [2.45, 2.75) is 13.3 Å². The van der Waals surface area contributed by atoms with E-state index < -0.39 is 0 Å². The van der Waals surface area contributed by atoms with Crippen LogP contribution in [0.3, 0.4) is 0 Å². The van der Waals surface area contributed by atoms with Crippen molar-refractivity contribution in [2.75, 3.05) is 23.7 Å². The Bertz CT molecular complexity index is 737. The van der Waals surface area contributed by atoms with Crippen molar-refractivity contribution in [1.29, 1.82) is 0 Å². The fourth-order valence-electron chi connectivity index (χ4n) is 1.99. The van der Waals surface area contributed by atoms with Crippen molar-refractivity contribution in [1.82, 2.24) is 19.9 Å². The van der Waals surface area contributed by atoms with Crippen molar-refractivity contribution in [2.24, 2.45) is 0 Å². The second-order valence-electron chi connectivity index (χ2n) is 4.41. The molecule has 0 unspecified atom stereocenters. The molecule has 3 rings (SSSR count). The van der Waals surface area contributed by atoms with Gasteiger partial charge in [0.15, 0.2) is 11.5 Å².